The van der Waals surface area contributed by atoms with E-state index in [-0.39, 0.29) is 5.91 Å². The molecule has 1 amide bonds. The molecule has 0 fully saturated rings. The zero-order valence-corrected chi connectivity index (χ0v) is 14.6. The van der Waals surface area contributed by atoms with Gasteiger partial charge in [0.05, 0.1) is 5.56 Å². The van der Waals surface area contributed by atoms with Gasteiger partial charge in [0.2, 0.25) is 0 Å². The molecule has 1 N–H and O–H groups in total. The third-order valence-electron chi connectivity index (χ3n) is 3.37. The van der Waals surface area contributed by atoms with Crippen molar-refractivity contribution in [1.29, 1.82) is 0 Å². The van der Waals surface area contributed by atoms with Crippen LogP contribution in [0.5, 0.6) is 0 Å². The topological polar surface area (TPSA) is 68.0 Å². The van der Waals surface area contributed by atoms with E-state index in [1.54, 1.807) is 12.3 Å². The van der Waals surface area contributed by atoms with Gasteiger partial charge in [-0.05, 0) is 34.1 Å². The fourth-order valence-corrected chi connectivity index (χ4v) is 3.32. The summed E-state index contributed by atoms with van der Waals surface area (Å²) in [6.45, 7) is 0. The van der Waals surface area contributed by atoms with Gasteiger partial charge in [0.25, 0.3) is 5.91 Å². The molecule has 0 radical (unpaired) electrons. The number of benzene rings is 1. The van der Waals surface area contributed by atoms with Gasteiger partial charge in [-0.2, -0.15) is 0 Å². The van der Waals surface area contributed by atoms with Crippen LogP contribution in [-0.2, 0) is 0 Å². The van der Waals surface area contributed by atoms with Crippen LogP contribution in [0.15, 0.2) is 63.1 Å². The molecule has 24 heavy (non-hydrogen) atoms. The monoisotopic (exact) mass is 399 g/mol. The van der Waals surface area contributed by atoms with Gasteiger partial charge in [-0.1, -0.05) is 18.2 Å². The van der Waals surface area contributed by atoms with Gasteiger partial charge < -0.3 is 4.42 Å². The molecule has 5 nitrogen and oxygen atoms in total. The van der Waals surface area contributed by atoms with Crippen LogP contribution in [0.3, 0.4) is 0 Å². The summed E-state index contributed by atoms with van der Waals surface area (Å²) in [6.07, 6.45) is 3.13. The van der Waals surface area contributed by atoms with Gasteiger partial charge in [0.1, 0.15) is 11.3 Å². The van der Waals surface area contributed by atoms with Crippen LogP contribution >= 0.6 is 27.3 Å². The predicted molar refractivity (Wildman–Crippen MR) is 97.2 cm³/mol. The lowest BCUT2D eigenvalue weighted by atomic mass is 10.2. The molecule has 0 saturated carbocycles. The number of aromatic nitrogens is 2. The number of hydrogen-bond acceptors (Lipinski definition) is 5. The number of furan rings is 1. The molecule has 0 atom stereocenters. The zero-order chi connectivity index (χ0) is 16.5. The second-order valence-corrected chi connectivity index (χ2v) is 6.81. The number of anilines is 1. The van der Waals surface area contributed by atoms with E-state index >= 15 is 0 Å². The molecule has 0 aliphatic heterocycles. The molecule has 3 heterocycles. The van der Waals surface area contributed by atoms with Crippen LogP contribution in [0.25, 0.3) is 22.4 Å². The second-order valence-electron chi connectivity index (χ2n) is 5.03. The maximum atomic E-state index is 12.2. The first-order valence-electron chi connectivity index (χ1n) is 7.05. The molecule has 0 unspecified atom stereocenters. The molecule has 118 valence electrons. The summed E-state index contributed by atoms with van der Waals surface area (Å²) in [5.41, 5.74) is 1.97. The zero-order valence-electron chi connectivity index (χ0n) is 12.2. The number of thiazole rings is 1. The predicted octanol–water partition coefficient (Wildman–Crippen LogP) is 4.97. The number of para-hydroxylation sites is 1. The first-order chi connectivity index (χ1) is 11.7. The van der Waals surface area contributed by atoms with Crippen molar-refractivity contribution in [1.82, 2.24) is 9.97 Å². The van der Waals surface area contributed by atoms with Crippen molar-refractivity contribution < 1.29 is 9.21 Å². The minimum atomic E-state index is -0.255. The van der Waals surface area contributed by atoms with Crippen LogP contribution in [0.4, 0.5) is 5.13 Å². The van der Waals surface area contributed by atoms with Crippen molar-refractivity contribution in [3.05, 3.63) is 64.2 Å². The quantitative estimate of drug-likeness (QED) is 0.528. The lowest BCUT2D eigenvalue weighted by Gasteiger charge is -2.01. The Morgan fingerprint density at radius 1 is 1.21 bits per heavy atom. The largest absolute Gasteiger partial charge is 0.454 e. The Balaban J connectivity index is 1.57. The molecule has 0 bridgehead atoms. The first kappa shape index (κ1) is 15.0. The average Bonchev–Trinajstić information content (AvgIpc) is 3.21. The molecule has 4 aromatic rings. The van der Waals surface area contributed by atoms with E-state index in [0.717, 1.165) is 15.4 Å². The summed E-state index contributed by atoms with van der Waals surface area (Å²) in [4.78, 5) is 20.6. The summed E-state index contributed by atoms with van der Waals surface area (Å²) < 4.78 is 6.54. The summed E-state index contributed by atoms with van der Waals surface area (Å²) in [5.74, 6) is 0.423. The van der Waals surface area contributed by atoms with Gasteiger partial charge in [-0.25, -0.2) is 4.98 Å². The fraction of sp³-hybridized carbons (Fsp3) is 0. The Morgan fingerprint density at radius 3 is 2.92 bits per heavy atom. The van der Waals surface area contributed by atoms with Crippen molar-refractivity contribution in [3.63, 3.8) is 0 Å². The Hall–Kier alpha value is -2.51. The van der Waals surface area contributed by atoms with Gasteiger partial charge in [-0.3, -0.25) is 15.1 Å². The van der Waals surface area contributed by atoms with Crippen LogP contribution < -0.4 is 5.32 Å². The molecule has 0 aliphatic rings. The third-order valence-corrected chi connectivity index (χ3v) is 4.56. The van der Waals surface area contributed by atoms with E-state index in [2.05, 4.69) is 31.2 Å². The van der Waals surface area contributed by atoms with E-state index in [4.69, 9.17) is 4.42 Å². The third kappa shape index (κ3) is 2.95. The summed E-state index contributed by atoms with van der Waals surface area (Å²) in [7, 11) is 0. The lowest BCUT2D eigenvalue weighted by molar-refractivity contribution is 0.102. The highest BCUT2D eigenvalue weighted by atomic mass is 79.9. The number of fused-ring (bicyclic) bond motifs is 1. The minimum absolute atomic E-state index is 0.255. The maximum absolute atomic E-state index is 12.2. The number of rotatable bonds is 3. The molecule has 4 rings (SSSR count). The van der Waals surface area contributed by atoms with E-state index < -0.39 is 0 Å². The molecule has 0 aliphatic carbocycles. The summed E-state index contributed by atoms with van der Waals surface area (Å²) in [6, 6.07) is 11.4. The number of pyridine rings is 1. The van der Waals surface area contributed by atoms with Crippen LogP contribution in [0.1, 0.15) is 10.4 Å². The van der Waals surface area contributed by atoms with Crippen molar-refractivity contribution in [2.24, 2.45) is 0 Å². The summed E-state index contributed by atoms with van der Waals surface area (Å²) in [5, 5.41) is 6.16. The number of carbonyl (C=O) groups excluding carboxylic acids is 1. The standard InChI is InChI=1S/C17H10BrN3O2S/c18-12-5-11(7-19-8-12)16(22)21-17-20-13(9-24-17)15-6-10-3-1-2-4-14(10)23-15/h1-9H,(H,20,21,22). The van der Waals surface area contributed by atoms with Crippen molar-refractivity contribution >= 4 is 49.3 Å². The van der Waals surface area contributed by atoms with E-state index in [1.165, 1.54) is 17.5 Å². The van der Waals surface area contributed by atoms with Gasteiger partial charge in [0.15, 0.2) is 10.9 Å². The highest BCUT2D eigenvalue weighted by molar-refractivity contribution is 9.10. The highest BCUT2D eigenvalue weighted by Gasteiger charge is 2.13. The molecular weight excluding hydrogens is 390 g/mol. The molecule has 0 saturated heterocycles. The Bertz CT molecular complexity index is 1010. The van der Waals surface area contributed by atoms with Crippen molar-refractivity contribution in [2.45, 2.75) is 0 Å². The van der Waals surface area contributed by atoms with Crippen LogP contribution in [0, 0.1) is 0 Å². The van der Waals surface area contributed by atoms with Crippen molar-refractivity contribution in [3.8, 4) is 11.5 Å². The average molecular weight is 400 g/mol. The Morgan fingerprint density at radius 2 is 2.08 bits per heavy atom. The Labute approximate surface area is 149 Å². The SMILES string of the molecule is O=C(Nc1nc(-c2cc3ccccc3o2)cs1)c1cncc(Br)c1. The van der Waals surface area contributed by atoms with Crippen LogP contribution in [0.2, 0.25) is 0 Å². The normalized spacial score (nSPS) is 10.9. The van der Waals surface area contributed by atoms with Crippen LogP contribution in [-0.4, -0.2) is 15.9 Å². The maximum Gasteiger partial charge on any atom is 0.259 e. The first-order valence-corrected chi connectivity index (χ1v) is 8.73. The van der Waals surface area contributed by atoms with Crippen molar-refractivity contribution in [2.75, 3.05) is 5.32 Å². The fourth-order valence-electron chi connectivity index (χ4n) is 2.26. The number of carbonyl (C=O) groups is 1. The smallest absolute Gasteiger partial charge is 0.259 e. The van der Waals surface area contributed by atoms with Gasteiger partial charge >= 0.3 is 0 Å². The Kier molecular flexibility index (Phi) is 3.87. The molecule has 3 aromatic heterocycles. The number of nitrogens with zero attached hydrogens (tertiary/aromatic N) is 2. The second kappa shape index (κ2) is 6.18. The van der Waals surface area contributed by atoms with Gasteiger partial charge in [-0.15, -0.1) is 11.3 Å². The highest BCUT2D eigenvalue weighted by Crippen LogP contribution is 2.30. The number of halogens is 1. The minimum Gasteiger partial charge on any atom is -0.454 e. The molecular formula is C17H10BrN3O2S. The van der Waals surface area contributed by atoms with E-state index in [1.807, 2.05) is 35.7 Å². The van der Waals surface area contributed by atoms with E-state index in [0.29, 0.717) is 22.1 Å². The van der Waals surface area contributed by atoms with Gasteiger partial charge in [0, 0.05) is 27.6 Å². The van der Waals surface area contributed by atoms with E-state index in [9.17, 15) is 4.79 Å². The lowest BCUT2D eigenvalue weighted by Crippen LogP contribution is -2.11. The summed E-state index contributed by atoms with van der Waals surface area (Å²) >= 11 is 4.65. The molecule has 7 heteroatoms. The molecule has 1 aromatic carbocycles. The number of nitrogens with one attached hydrogen (secondary N) is 1. The number of amides is 1. The number of hydrogen-bond donors (Lipinski definition) is 1. The molecule has 0 spiro atoms.